The zero-order valence-electron chi connectivity index (χ0n) is 23.2. The van der Waals surface area contributed by atoms with Gasteiger partial charge in [-0.25, -0.2) is 0 Å². The van der Waals surface area contributed by atoms with Crippen molar-refractivity contribution >= 4 is 22.7 Å². The standard InChI is InChI=1S/C38H30S2/c1-37(2)29-11-7-5-9-25(29)27-15-13-23(21-31(27)37)33-17-19-35(39-33)36-20-18-34(40-36)24-14-16-28-26-10-6-8-12-30(26)38(3,4)32(28)22-24/h5-22H,1-4H3. The van der Waals surface area contributed by atoms with Gasteiger partial charge in [0.2, 0.25) is 0 Å². The average Bonchev–Trinajstić information content (AvgIpc) is 3.74. The van der Waals surface area contributed by atoms with Crippen molar-refractivity contribution in [3.63, 3.8) is 0 Å². The van der Waals surface area contributed by atoms with Crippen LogP contribution in [0, 0.1) is 0 Å². The summed E-state index contributed by atoms with van der Waals surface area (Å²) in [6, 6.07) is 41.0. The molecule has 194 valence electrons. The van der Waals surface area contributed by atoms with Crippen molar-refractivity contribution in [2.24, 2.45) is 0 Å². The first-order valence-corrected chi connectivity index (χ1v) is 15.7. The topological polar surface area (TPSA) is 0 Å². The second-order valence-corrected chi connectivity index (χ2v) is 14.4. The van der Waals surface area contributed by atoms with E-state index < -0.39 is 0 Å². The maximum atomic E-state index is 2.43. The number of benzene rings is 4. The van der Waals surface area contributed by atoms with Crippen molar-refractivity contribution in [2.75, 3.05) is 0 Å². The quantitative estimate of drug-likeness (QED) is 0.206. The smallest absolute Gasteiger partial charge is 0.0449 e. The lowest BCUT2D eigenvalue weighted by Gasteiger charge is -2.21. The number of hydrogen-bond donors (Lipinski definition) is 0. The van der Waals surface area contributed by atoms with Crippen molar-refractivity contribution in [1.29, 1.82) is 0 Å². The third-order valence-corrected chi connectivity index (χ3v) is 11.7. The molecule has 8 rings (SSSR count). The van der Waals surface area contributed by atoms with Crippen LogP contribution in [0.15, 0.2) is 109 Å². The Hall–Kier alpha value is -3.72. The average molecular weight is 551 g/mol. The molecular formula is C38H30S2. The van der Waals surface area contributed by atoms with E-state index in [0.717, 1.165) is 0 Å². The third-order valence-electron chi connectivity index (χ3n) is 9.19. The summed E-state index contributed by atoms with van der Waals surface area (Å²) in [5.41, 5.74) is 13.9. The van der Waals surface area contributed by atoms with Crippen LogP contribution in [-0.2, 0) is 10.8 Å². The van der Waals surface area contributed by atoms with Crippen LogP contribution in [0.2, 0.25) is 0 Å². The van der Waals surface area contributed by atoms with Crippen LogP contribution in [0.5, 0.6) is 0 Å². The molecule has 0 saturated heterocycles. The fourth-order valence-corrected chi connectivity index (χ4v) is 9.06. The van der Waals surface area contributed by atoms with Crippen LogP contribution in [0.1, 0.15) is 49.9 Å². The molecule has 2 aliphatic carbocycles. The number of thiophene rings is 2. The van der Waals surface area contributed by atoms with Crippen molar-refractivity contribution in [1.82, 2.24) is 0 Å². The molecule has 0 spiro atoms. The molecule has 2 aromatic heterocycles. The predicted molar refractivity (Wildman–Crippen MR) is 174 cm³/mol. The summed E-state index contributed by atoms with van der Waals surface area (Å²) in [6.45, 7) is 9.42. The minimum absolute atomic E-state index is 0.0243. The maximum absolute atomic E-state index is 2.43. The lowest BCUT2D eigenvalue weighted by Crippen LogP contribution is -2.14. The fourth-order valence-electron chi connectivity index (χ4n) is 6.97. The van der Waals surface area contributed by atoms with Gasteiger partial charge in [-0.3, -0.25) is 0 Å². The highest BCUT2D eigenvalue weighted by atomic mass is 32.1. The van der Waals surface area contributed by atoms with Gasteiger partial charge in [-0.05, 0) is 92.0 Å². The first-order chi connectivity index (χ1) is 19.3. The Bertz CT molecular complexity index is 1820. The van der Waals surface area contributed by atoms with E-state index in [2.05, 4.69) is 137 Å². The van der Waals surface area contributed by atoms with Gasteiger partial charge >= 0.3 is 0 Å². The third kappa shape index (κ3) is 3.36. The van der Waals surface area contributed by atoms with Gasteiger partial charge < -0.3 is 0 Å². The fraction of sp³-hybridized carbons (Fsp3) is 0.158. The van der Waals surface area contributed by atoms with Crippen LogP contribution in [0.25, 0.3) is 52.9 Å². The SMILES string of the molecule is CC1(C)c2ccccc2-c2ccc(-c3ccc(-c4ccc(-c5ccc6c(c5)C(C)(C)c5ccccc5-6)s4)s3)cc21. The molecular weight excluding hydrogens is 521 g/mol. The summed E-state index contributed by atoms with van der Waals surface area (Å²) in [4.78, 5) is 5.33. The Labute approximate surface area is 244 Å². The van der Waals surface area contributed by atoms with Gasteiger partial charge in [-0.15, -0.1) is 22.7 Å². The molecule has 0 unspecified atom stereocenters. The lowest BCUT2D eigenvalue weighted by atomic mass is 9.82. The van der Waals surface area contributed by atoms with Gasteiger partial charge in [0.1, 0.15) is 0 Å². The van der Waals surface area contributed by atoms with Crippen LogP contribution < -0.4 is 0 Å². The first kappa shape index (κ1) is 24.1. The predicted octanol–water partition coefficient (Wildman–Crippen LogP) is 11.4. The normalized spacial score (nSPS) is 15.4. The van der Waals surface area contributed by atoms with Gasteiger partial charge in [0, 0.05) is 30.3 Å². The summed E-state index contributed by atoms with van der Waals surface area (Å²) in [7, 11) is 0. The molecule has 40 heavy (non-hydrogen) atoms. The first-order valence-electron chi connectivity index (χ1n) is 14.0. The van der Waals surface area contributed by atoms with Crippen molar-refractivity contribution < 1.29 is 0 Å². The molecule has 6 aromatic rings. The van der Waals surface area contributed by atoms with Crippen molar-refractivity contribution in [3.05, 3.63) is 131 Å². The van der Waals surface area contributed by atoms with Crippen molar-refractivity contribution in [3.8, 4) is 52.9 Å². The minimum atomic E-state index is 0.0243. The van der Waals surface area contributed by atoms with Gasteiger partial charge in [-0.1, -0.05) is 100 Å². The lowest BCUT2D eigenvalue weighted by molar-refractivity contribution is 0.660. The summed E-state index contributed by atoms with van der Waals surface area (Å²) in [6.07, 6.45) is 0. The van der Waals surface area contributed by atoms with E-state index in [0.29, 0.717) is 0 Å². The van der Waals surface area contributed by atoms with E-state index in [4.69, 9.17) is 0 Å². The summed E-state index contributed by atoms with van der Waals surface area (Å²) >= 11 is 3.80. The van der Waals surface area contributed by atoms with E-state index in [-0.39, 0.29) is 10.8 Å². The van der Waals surface area contributed by atoms with Crippen LogP contribution in [0.4, 0.5) is 0 Å². The molecule has 2 heteroatoms. The monoisotopic (exact) mass is 550 g/mol. The molecule has 0 amide bonds. The zero-order chi connectivity index (χ0) is 27.2. The Morgan fingerprint density at radius 1 is 0.375 bits per heavy atom. The second kappa shape index (κ2) is 8.39. The summed E-state index contributed by atoms with van der Waals surface area (Å²) < 4.78 is 0. The minimum Gasteiger partial charge on any atom is -0.134 e. The van der Waals surface area contributed by atoms with E-state index in [1.54, 1.807) is 0 Å². The zero-order valence-corrected chi connectivity index (χ0v) is 24.8. The Morgan fingerprint density at radius 3 is 1.20 bits per heavy atom. The molecule has 0 atom stereocenters. The number of rotatable bonds is 3. The van der Waals surface area contributed by atoms with Gasteiger partial charge in [0.25, 0.3) is 0 Å². The molecule has 2 heterocycles. The Balaban J connectivity index is 1.11. The van der Waals surface area contributed by atoms with E-state index in [9.17, 15) is 0 Å². The van der Waals surface area contributed by atoms with Crippen LogP contribution in [-0.4, -0.2) is 0 Å². The maximum Gasteiger partial charge on any atom is 0.0449 e. The van der Waals surface area contributed by atoms with E-state index in [1.165, 1.54) is 75.1 Å². The van der Waals surface area contributed by atoms with Crippen LogP contribution in [0.3, 0.4) is 0 Å². The van der Waals surface area contributed by atoms with E-state index >= 15 is 0 Å². The molecule has 0 fully saturated rings. The second-order valence-electron chi connectivity index (χ2n) is 12.2. The van der Waals surface area contributed by atoms with Gasteiger partial charge in [0.15, 0.2) is 0 Å². The highest BCUT2D eigenvalue weighted by molar-refractivity contribution is 7.25. The Kier molecular flexibility index (Phi) is 5.06. The van der Waals surface area contributed by atoms with E-state index in [1.807, 2.05) is 22.7 Å². The largest absolute Gasteiger partial charge is 0.134 e. The molecule has 0 N–H and O–H groups in total. The van der Waals surface area contributed by atoms with Crippen molar-refractivity contribution in [2.45, 2.75) is 38.5 Å². The summed E-state index contributed by atoms with van der Waals surface area (Å²) in [5.74, 6) is 0. The Morgan fingerprint density at radius 2 is 0.750 bits per heavy atom. The van der Waals surface area contributed by atoms with Gasteiger partial charge in [0.05, 0.1) is 0 Å². The molecule has 4 aromatic carbocycles. The molecule has 0 radical (unpaired) electrons. The van der Waals surface area contributed by atoms with Gasteiger partial charge in [-0.2, -0.15) is 0 Å². The highest BCUT2D eigenvalue weighted by Gasteiger charge is 2.36. The molecule has 0 nitrogen and oxygen atoms in total. The van der Waals surface area contributed by atoms with Crippen LogP contribution >= 0.6 is 22.7 Å². The number of hydrogen-bond acceptors (Lipinski definition) is 2. The molecule has 0 saturated carbocycles. The number of fused-ring (bicyclic) bond motifs is 6. The molecule has 2 aliphatic rings. The highest BCUT2D eigenvalue weighted by Crippen LogP contribution is 2.52. The summed E-state index contributed by atoms with van der Waals surface area (Å²) in [5, 5.41) is 0. The molecule has 0 bridgehead atoms. The molecule has 0 aliphatic heterocycles.